The summed E-state index contributed by atoms with van der Waals surface area (Å²) in [5, 5.41) is 2.60. The van der Waals surface area contributed by atoms with Gasteiger partial charge in [0.2, 0.25) is 11.8 Å². The van der Waals surface area contributed by atoms with Crippen molar-refractivity contribution in [2.24, 2.45) is 11.3 Å². The highest BCUT2D eigenvalue weighted by Gasteiger charge is 2.58. The molecule has 3 rings (SSSR count). The van der Waals surface area contributed by atoms with Crippen LogP contribution in [0.15, 0.2) is 24.3 Å². The molecule has 0 atom stereocenters. The van der Waals surface area contributed by atoms with E-state index in [4.69, 9.17) is 0 Å². The highest BCUT2D eigenvalue weighted by molar-refractivity contribution is 6.13. The molecule has 0 bridgehead atoms. The van der Waals surface area contributed by atoms with Crippen LogP contribution in [0.2, 0.25) is 0 Å². The van der Waals surface area contributed by atoms with Crippen LogP contribution in [0.3, 0.4) is 0 Å². The predicted molar refractivity (Wildman–Crippen MR) is 86.7 cm³/mol. The average molecular weight is 354 g/mol. The summed E-state index contributed by atoms with van der Waals surface area (Å²) in [6.07, 6.45) is -1.57. The van der Waals surface area contributed by atoms with Gasteiger partial charge in [0.1, 0.15) is 5.41 Å². The molecule has 1 aliphatic carbocycles. The van der Waals surface area contributed by atoms with Gasteiger partial charge >= 0.3 is 6.18 Å². The number of likely N-dealkylation sites (tertiary alicyclic amines) is 1. The summed E-state index contributed by atoms with van der Waals surface area (Å²) in [6, 6.07) is 4.26. The molecule has 2 fully saturated rings. The Kier molecular flexibility index (Phi) is 4.51. The minimum atomic E-state index is -4.42. The maximum absolute atomic E-state index is 12.7. The largest absolute Gasteiger partial charge is 0.416 e. The van der Waals surface area contributed by atoms with Crippen molar-refractivity contribution in [1.82, 2.24) is 4.90 Å². The maximum Gasteiger partial charge on any atom is 0.416 e. The Bertz CT molecular complexity index is 658. The van der Waals surface area contributed by atoms with Crippen LogP contribution < -0.4 is 5.32 Å². The fourth-order valence-corrected chi connectivity index (χ4v) is 3.17. The fourth-order valence-electron chi connectivity index (χ4n) is 3.17. The van der Waals surface area contributed by atoms with Crippen molar-refractivity contribution in [3.63, 3.8) is 0 Å². The van der Waals surface area contributed by atoms with Crippen molar-refractivity contribution in [2.45, 2.75) is 38.8 Å². The van der Waals surface area contributed by atoms with E-state index in [9.17, 15) is 22.8 Å². The van der Waals surface area contributed by atoms with Crippen LogP contribution in [-0.4, -0.2) is 29.8 Å². The number of piperidine rings is 1. The topological polar surface area (TPSA) is 49.4 Å². The van der Waals surface area contributed by atoms with Crippen molar-refractivity contribution >= 4 is 17.5 Å². The first-order chi connectivity index (χ1) is 11.7. The Morgan fingerprint density at radius 2 is 1.68 bits per heavy atom. The summed E-state index contributed by atoms with van der Waals surface area (Å²) in [7, 11) is 0. The zero-order chi connectivity index (χ0) is 18.2. The first-order valence-corrected chi connectivity index (χ1v) is 8.50. The Morgan fingerprint density at radius 3 is 2.16 bits per heavy atom. The molecule has 7 heteroatoms. The van der Waals surface area contributed by atoms with Crippen molar-refractivity contribution in [1.29, 1.82) is 0 Å². The van der Waals surface area contributed by atoms with Crippen molar-refractivity contribution in [2.75, 3.05) is 18.4 Å². The Morgan fingerprint density at radius 1 is 1.12 bits per heavy atom. The van der Waals surface area contributed by atoms with Gasteiger partial charge in [-0.2, -0.15) is 13.2 Å². The Labute approximate surface area is 144 Å². The van der Waals surface area contributed by atoms with Crippen LogP contribution in [-0.2, 0) is 15.8 Å². The van der Waals surface area contributed by atoms with Crippen LogP contribution in [0.25, 0.3) is 0 Å². The second-order valence-corrected chi connectivity index (χ2v) is 7.09. The zero-order valence-corrected chi connectivity index (χ0v) is 14.0. The summed E-state index contributed by atoms with van der Waals surface area (Å²) in [6.45, 7) is 3.47. The molecule has 0 aromatic heterocycles. The van der Waals surface area contributed by atoms with Gasteiger partial charge < -0.3 is 10.2 Å². The summed E-state index contributed by atoms with van der Waals surface area (Å²) >= 11 is 0. The van der Waals surface area contributed by atoms with E-state index >= 15 is 0 Å². The third kappa shape index (κ3) is 3.65. The van der Waals surface area contributed by atoms with Gasteiger partial charge in [-0.1, -0.05) is 6.92 Å². The van der Waals surface area contributed by atoms with Crippen molar-refractivity contribution in [3.05, 3.63) is 29.8 Å². The third-order valence-electron chi connectivity index (χ3n) is 5.13. The summed E-state index contributed by atoms with van der Waals surface area (Å²) < 4.78 is 37.7. The van der Waals surface area contributed by atoms with Gasteiger partial charge in [0.15, 0.2) is 0 Å². The first kappa shape index (κ1) is 17.8. The highest BCUT2D eigenvalue weighted by Crippen LogP contribution is 2.48. The molecule has 2 amide bonds. The Balaban J connectivity index is 1.65. The zero-order valence-electron chi connectivity index (χ0n) is 14.0. The van der Waals surface area contributed by atoms with Crippen LogP contribution in [0.1, 0.15) is 38.2 Å². The monoisotopic (exact) mass is 354 g/mol. The molecule has 0 spiro atoms. The molecule has 136 valence electrons. The number of hydrogen-bond donors (Lipinski definition) is 1. The number of nitrogens with zero attached hydrogens (tertiary/aromatic N) is 1. The van der Waals surface area contributed by atoms with Gasteiger partial charge in [0, 0.05) is 18.8 Å². The molecule has 1 aromatic rings. The minimum Gasteiger partial charge on any atom is -0.342 e. The van der Waals surface area contributed by atoms with E-state index < -0.39 is 23.1 Å². The van der Waals surface area contributed by atoms with E-state index in [1.807, 2.05) is 0 Å². The molecule has 2 aliphatic rings. The number of carbonyl (C=O) groups excluding carboxylic acids is 2. The van der Waals surface area contributed by atoms with E-state index in [1.54, 1.807) is 4.90 Å². The van der Waals surface area contributed by atoms with Gasteiger partial charge in [0.25, 0.3) is 0 Å². The first-order valence-electron chi connectivity index (χ1n) is 8.50. The average Bonchev–Trinajstić information content (AvgIpc) is 3.36. The van der Waals surface area contributed by atoms with Crippen molar-refractivity contribution < 1.29 is 22.8 Å². The van der Waals surface area contributed by atoms with E-state index in [0.29, 0.717) is 31.8 Å². The number of carbonyl (C=O) groups is 2. The minimum absolute atomic E-state index is 0.149. The van der Waals surface area contributed by atoms with Gasteiger partial charge in [-0.15, -0.1) is 0 Å². The number of nitrogens with one attached hydrogen (secondary N) is 1. The molecule has 1 saturated heterocycles. The lowest BCUT2D eigenvalue weighted by Crippen LogP contribution is -2.46. The predicted octanol–water partition coefficient (Wildman–Crippen LogP) is 3.68. The molecule has 4 nitrogen and oxygen atoms in total. The molecular weight excluding hydrogens is 333 g/mol. The summed E-state index contributed by atoms with van der Waals surface area (Å²) in [5.41, 5.74) is -1.54. The van der Waals surface area contributed by atoms with Crippen molar-refractivity contribution in [3.8, 4) is 0 Å². The molecule has 0 radical (unpaired) electrons. The second kappa shape index (κ2) is 6.35. The standard InChI is InChI=1S/C18H21F3N2O2/c1-12-6-10-23(11-7-12)16(25)17(8-9-17)15(24)22-14-4-2-13(3-5-14)18(19,20)21/h2-5,12H,6-11H2,1H3,(H,22,24). The van der Waals surface area contributed by atoms with Crippen LogP contribution >= 0.6 is 0 Å². The number of halogens is 3. The van der Waals surface area contributed by atoms with Crippen LogP contribution in [0, 0.1) is 11.3 Å². The van der Waals surface area contributed by atoms with E-state index in [1.165, 1.54) is 12.1 Å². The highest BCUT2D eigenvalue weighted by atomic mass is 19.4. The molecule has 0 unspecified atom stereocenters. The molecule has 1 heterocycles. The molecular formula is C18H21F3N2O2. The number of rotatable bonds is 3. The number of hydrogen-bond acceptors (Lipinski definition) is 2. The summed E-state index contributed by atoms with van der Waals surface area (Å²) in [4.78, 5) is 27.0. The molecule has 1 aliphatic heterocycles. The Hall–Kier alpha value is -2.05. The number of benzene rings is 1. The van der Waals surface area contributed by atoms with Crippen LogP contribution in [0.4, 0.5) is 18.9 Å². The molecule has 1 aromatic carbocycles. The van der Waals surface area contributed by atoms with E-state index in [0.717, 1.165) is 25.0 Å². The maximum atomic E-state index is 12.7. The lowest BCUT2D eigenvalue weighted by molar-refractivity contribution is -0.143. The SMILES string of the molecule is CC1CCN(C(=O)C2(C(=O)Nc3ccc(C(F)(F)F)cc3)CC2)CC1. The third-order valence-corrected chi connectivity index (χ3v) is 5.13. The van der Waals surface area contributed by atoms with Gasteiger partial charge in [-0.05, 0) is 55.9 Å². The smallest absolute Gasteiger partial charge is 0.342 e. The van der Waals surface area contributed by atoms with E-state index in [-0.39, 0.29) is 11.6 Å². The quantitative estimate of drug-likeness (QED) is 0.842. The van der Waals surface area contributed by atoms with Gasteiger partial charge in [-0.25, -0.2) is 0 Å². The fraction of sp³-hybridized carbons (Fsp3) is 0.556. The van der Waals surface area contributed by atoms with E-state index in [2.05, 4.69) is 12.2 Å². The second-order valence-electron chi connectivity index (χ2n) is 7.09. The number of alkyl halides is 3. The molecule has 1 N–H and O–H groups in total. The summed E-state index contributed by atoms with van der Waals surface area (Å²) in [5.74, 6) is 0.0138. The van der Waals surface area contributed by atoms with Gasteiger partial charge in [-0.3, -0.25) is 9.59 Å². The number of anilines is 1. The normalized spacial score (nSPS) is 20.2. The number of amides is 2. The molecule has 1 saturated carbocycles. The van der Waals surface area contributed by atoms with Crippen LogP contribution in [0.5, 0.6) is 0 Å². The molecule has 25 heavy (non-hydrogen) atoms. The lowest BCUT2D eigenvalue weighted by Gasteiger charge is -2.32. The lowest BCUT2D eigenvalue weighted by atomic mass is 9.96. The van der Waals surface area contributed by atoms with Gasteiger partial charge in [0.05, 0.1) is 5.56 Å².